The topological polar surface area (TPSA) is 174 Å². The van der Waals surface area contributed by atoms with Crippen molar-refractivity contribution >= 4 is 24.1 Å². The van der Waals surface area contributed by atoms with Gasteiger partial charge < -0.3 is 20.4 Å². The summed E-state index contributed by atoms with van der Waals surface area (Å²) >= 11 is 0. The van der Waals surface area contributed by atoms with Crippen LogP contribution in [0.25, 0.3) is 0 Å². The van der Waals surface area contributed by atoms with Gasteiger partial charge in [-0.3, -0.25) is 9.59 Å². The van der Waals surface area contributed by atoms with E-state index in [9.17, 15) is 19.2 Å². The van der Waals surface area contributed by atoms with Gasteiger partial charge in [-0.2, -0.15) is 0 Å². The third kappa shape index (κ3) is 18.1. The number of carbonyl (C=O) groups excluding carboxylic acids is 2. The number of aliphatic hydroxyl groups excluding tert-OH is 2. The summed E-state index contributed by atoms with van der Waals surface area (Å²) in [5, 5.41) is 32.3. The molecule has 0 aromatic heterocycles. The van der Waals surface area contributed by atoms with Gasteiger partial charge in [0, 0.05) is 12.8 Å². The maximum absolute atomic E-state index is 10.2. The lowest BCUT2D eigenvalue weighted by molar-refractivity contribution is -0.139. The molecule has 4 N–H and O–H groups in total. The molecule has 0 amide bonds. The average molecular weight is 485 g/mol. The number of isocyanates is 2. The minimum Gasteiger partial charge on any atom is -0.481 e. The monoisotopic (exact) mass is 484 g/mol. The van der Waals surface area contributed by atoms with Gasteiger partial charge in [0.25, 0.3) is 0 Å². The molecular weight excluding hydrogens is 444 g/mol. The maximum Gasteiger partial charge on any atom is 0.303 e. The van der Waals surface area contributed by atoms with E-state index in [1.54, 1.807) is 12.2 Å². The molecule has 2 saturated carbocycles. The van der Waals surface area contributed by atoms with Crippen molar-refractivity contribution in [2.45, 2.75) is 109 Å². The Hall–Kier alpha value is -2.38. The second-order valence-corrected chi connectivity index (χ2v) is 9.05. The van der Waals surface area contributed by atoms with E-state index in [1.165, 1.54) is 39.0 Å². The summed E-state index contributed by atoms with van der Waals surface area (Å²) in [4.78, 5) is 47.9. The zero-order chi connectivity index (χ0) is 25.8. The fraction of sp³-hybridized carbons (Fsp3) is 0.833. The zero-order valence-electron chi connectivity index (χ0n) is 20.1. The molecule has 10 heteroatoms. The number of hydrogen-bond acceptors (Lipinski definition) is 8. The molecule has 0 heterocycles. The van der Waals surface area contributed by atoms with Crippen LogP contribution in [0.4, 0.5) is 0 Å². The first-order valence-corrected chi connectivity index (χ1v) is 12.1. The lowest BCUT2D eigenvalue weighted by Gasteiger charge is -2.31. The van der Waals surface area contributed by atoms with E-state index in [0.29, 0.717) is 12.8 Å². The molecular formula is C24H40N2O8. The second kappa shape index (κ2) is 20.0. The van der Waals surface area contributed by atoms with Crippen molar-refractivity contribution in [2.24, 2.45) is 21.8 Å². The summed E-state index contributed by atoms with van der Waals surface area (Å²) in [6.07, 6.45) is 14.1. The molecule has 2 rings (SSSR count). The number of carbonyl (C=O) groups is 2. The van der Waals surface area contributed by atoms with Crippen LogP contribution in [0.15, 0.2) is 9.98 Å². The van der Waals surface area contributed by atoms with Crippen LogP contribution in [0.2, 0.25) is 0 Å². The lowest BCUT2D eigenvalue weighted by Crippen LogP contribution is -2.23. The smallest absolute Gasteiger partial charge is 0.303 e. The van der Waals surface area contributed by atoms with Crippen molar-refractivity contribution in [1.82, 2.24) is 0 Å². The number of unbranched alkanes of at least 4 members (excludes halogenated alkanes) is 1. The van der Waals surface area contributed by atoms with Crippen molar-refractivity contribution in [3.8, 4) is 0 Å². The van der Waals surface area contributed by atoms with Crippen LogP contribution >= 0.6 is 0 Å². The minimum atomic E-state index is -0.870. The maximum atomic E-state index is 10.2. The van der Waals surface area contributed by atoms with Gasteiger partial charge in [-0.05, 0) is 89.4 Å². The summed E-state index contributed by atoms with van der Waals surface area (Å²) < 4.78 is 0. The van der Waals surface area contributed by atoms with Gasteiger partial charge in [-0.15, -0.1) is 0 Å². The highest BCUT2D eigenvalue weighted by atomic mass is 16.4. The minimum absolute atomic E-state index is 0.0628. The average Bonchev–Trinajstić information content (AvgIpc) is 2.80. The van der Waals surface area contributed by atoms with Crippen LogP contribution in [0, 0.1) is 11.8 Å². The van der Waals surface area contributed by atoms with Gasteiger partial charge in [0.2, 0.25) is 12.2 Å². The Balaban J connectivity index is 0.000000609. The highest BCUT2D eigenvalue weighted by Crippen LogP contribution is 2.36. The number of nitrogens with zero attached hydrogens (tertiary/aromatic N) is 2. The molecule has 0 aromatic rings. The standard InChI is InChI=1S/C15H22N2O2.C6H10O4.C3H8O2/c18-10-16-14-5-1-12(2-6-14)9-13-3-7-15(8-4-13)17-11-19;7-5(8)3-1-2-4-6(9)10;1-3(5)2-4/h12-15H,1-9H2;1-4H2,(H,7,8)(H,9,10);3-5H,2H2,1H3. The zero-order valence-corrected chi connectivity index (χ0v) is 20.1. The molecule has 0 bridgehead atoms. The summed E-state index contributed by atoms with van der Waals surface area (Å²) in [5.74, 6) is -0.140. The highest BCUT2D eigenvalue weighted by Gasteiger charge is 2.26. The van der Waals surface area contributed by atoms with Gasteiger partial charge in [0.15, 0.2) is 0 Å². The molecule has 0 aliphatic heterocycles. The lowest BCUT2D eigenvalue weighted by atomic mass is 9.76. The summed E-state index contributed by atoms with van der Waals surface area (Å²) in [6.45, 7) is 1.39. The van der Waals surface area contributed by atoms with E-state index in [-0.39, 0.29) is 31.5 Å². The quantitative estimate of drug-likeness (QED) is 0.208. The third-order valence-corrected chi connectivity index (χ3v) is 6.07. The Morgan fingerprint density at radius 3 is 1.35 bits per heavy atom. The highest BCUT2D eigenvalue weighted by molar-refractivity contribution is 5.67. The van der Waals surface area contributed by atoms with E-state index in [2.05, 4.69) is 9.98 Å². The van der Waals surface area contributed by atoms with Crippen LogP contribution < -0.4 is 0 Å². The number of aliphatic carboxylic acids is 2. The van der Waals surface area contributed by atoms with Crippen LogP contribution in [-0.4, -0.2) is 69.3 Å². The largest absolute Gasteiger partial charge is 0.481 e. The molecule has 0 saturated heterocycles. The number of carboxylic acids is 2. The van der Waals surface area contributed by atoms with E-state index in [0.717, 1.165) is 37.5 Å². The van der Waals surface area contributed by atoms with E-state index < -0.39 is 18.0 Å². The number of rotatable bonds is 10. The number of hydrogen-bond donors (Lipinski definition) is 4. The van der Waals surface area contributed by atoms with Gasteiger partial charge in [-0.25, -0.2) is 19.6 Å². The molecule has 1 atom stereocenters. The van der Waals surface area contributed by atoms with Crippen LogP contribution in [-0.2, 0) is 19.2 Å². The molecule has 0 radical (unpaired) electrons. The fourth-order valence-electron chi connectivity index (χ4n) is 4.19. The fourth-order valence-corrected chi connectivity index (χ4v) is 4.19. The molecule has 34 heavy (non-hydrogen) atoms. The second-order valence-electron chi connectivity index (χ2n) is 9.05. The molecule has 2 fully saturated rings. The van der Waals surface area contributed by atoms with E-state index >= 15 is 0 Å². The number of carboxylic acid groups (broad SMARTS) is 2. The first-order valence-electron chi connectivity index (χ1n) is 12.1. The molecule has 2 aliphatic rings. The predicted octanol–water partition coefficient (Wildman–Crippen LogP) is 3.24. The van der Waals surface area contributed by atoms with Gasteiger partial charge in [-0.1, -0.05) is 0 Å². The molecule has 2 aliphatic carbocycles. The summed E-state index contributed by atoms with van der Waals surface area (Å²) in [7, 11) is 0. The van der Waals surface area contributed by atoms with Crippen molar-refractivity contribution < 1.29 is 39.6 Å². The molecule has 1 unspecified atom stereocenters. The van der Waals surface area contributed by atoms with Gasteiger partial charge in [0.1, 0.15) is 0 Å². The van der Waals surface area contributed by atoms with Crippen molar-refractivity contribution in [2.75, 3.05) is 6.61 Å². The predicted molar refractivity (Wildman–Crippen MR) is 125 cm³/mol. The van der Waals surface area contributed by atoms with Crippen molar-refractivity contribution in [3.05, 3.63) is 0 Å². The summed E-state index contributed by atoms with van der Waals surface area (Å²) in [5.41, 5.74) is 0. The SMILES string of the molecule is CC(O)CO.O=C(O)CCCCC(=O)O.O=C=NC1CCC(CC2CCC(N=C=O)CC2)CC1. The Morgan fingerprint density at radius 1 is 0.794 bits per heavy atom. The number of aliphatic imine (C=N–C) groups is 2. The Kier molecular flexibility index (Phi) is 18.6. The normalized spacial score (nSPS) is 24.4. The van der Waals surface area contributed by atoms with Gasteiger partial charge >= 0.3 is 11.9 Å². The van der Waals surface area contributed by atoms with E-state index in [4.69, 9.17) is 20.4 Å². The Morgan fingerprint density at radius 2 is 1.12 bits per heavy atom. The third-order valence-electron chi connectivity index (χ3n) is 6.07. The molecule has 0 spiro atoms. The number of aliphatic hydroxyl groups is 2. The van der Waals surface area contributed by atoms with Gasteiger partial charge in [0.05, 0.1) is 24.8 Å². The Bertz CT molecular complexity index is 604. The molecule has 10 nitrogen and oxygen atoms in total. The summed E-state index contributed by atoms with van der Waals surface area (Å²) in [6, 6.07) is 0.456. The first kappa shape index (κ1) is 31.6. The molecule has 0 aromatic carbocycles. The van der Waals surface area contributed by atoms with Crippen molar-refractivity contribution in [1.29, 1.82) is 0 Å². The van der Waals surface area contributed by atoms with Crippen LogP contribution in [0.5, 0.6) is 0 Å². The van der Waals surface area contributed by atoms with Crippen molar-refractivity contribution in [3.63, 3.8) is 0 Å². The van der Waals surface area contributed by atoms with Crippen LogP contribution in [0.1, 0.15) is 90.4 Å². The molecule has 194 valence electrons. The van der Waals surface area contributed by atoms with Crippen LogP contribution in [0.3, 0.4) is 0 Å². The Labute approximate surface area is 201 Å². The van der Waals surface area contributed by atoms with E-state index in [1.807, 2.05) is 0 Å². The first-order chi connectivity index (χ1) is 16.2.